The molecule has 0 bridgehead atoms. The van der Waals surface area contributed by atoms with Crippen molar-refractivity contribution in [2.45, 2.75) is 25.7 Å². The van der Waals surface area contributed by atoms with Crippen molar-refractivity contribution in [2.75, 3.05) is 18.8 Å². The summed E-state index contributed by atoms with van der Waals surface area (Å²) in [4.78, 5) is 4.17. The highest BCUT2D eigenvalue weighted by Gasteiger charge is 2.32. The van der Waals surface area contributed by atoms with E-state index in [1.54, 1.807) is 6.92 Å². The average molecular weight is 306 g/mol. The van der Waals surface area contributed by atoms with E-state index in [4.69, 9.17) is 16.1 Å². The van der Waals surface area contributed by atoms with Crippen LogP contribution in [0.3, 0.4) is 0 Å². The zero-order chi connectivity index (χ0) is 14.0. The number of aromatic nitrogens is 2. The maximum atomic E-state index is 12.1. The van der Waals surface area contributed by atoms with Crippen LogP contribution >= 0.6 is 11.6 Å². The second kappa shape index (κ2) is 5.60. The molecule has 0 amide bonds. The second-order valence-electron chi connectivity index (χ2n) is 4.65. The fourth-order valence-corrected chi connectivity index (χ4v) is 3.97. The molecule has 0 unspecified atom stereocenters. The molecule has 1 aromatic heterocycles. The second-order valence-corrected chi connectivity index (χ2v) is 7.15. The van der Waals surface area contributed by atoms with Crippen molar-refractivity contribution in [3.05, 3.63) is 23.3 Å². The van der Waals surface area contributed by atoms with E-state index in [-0.39, 0.29) is 16.7 Å². The van der Waals surface area contributed by atoms with E-state index in [0.717, 1.165) is 12.8 Å². The molecule has 106 valence electrons. The summed E-state index contributed by atoms with van der Waals surface area (Å²) >= 11 is 5.60. The number of nitrogens with zero attached hydrogens (tertiary/aromatic N) is 3. The van der Waals surface area contributed by atoms with Crippen LogP contribution in [0.4, 0.5) is 0 Å². The van der Waals surface area contributed by atoms with Crippen LogP contribution in [0.5, 0.6) is 0 Å². The van der Waals surface area contributed by atoms with Gasteiger partial charge < -0.3 is 4.52 Å². The van der Waals surface area contributed by atoms with Gasteiger partial charge in [-0.25, -0.2) is 12.7 Å². The number of sulfonamides is 1. The Morgan fingerprint density at radius 2 is 2.37 bits per heavy atom. The standard InChI is InChI=1S/C11H16ClN3O3S/c1-8(12)7-19(16,17)15-5-3-4-10(6-15)11-13-9(2)14-18-11/h10H,1,3-7H2,2H3/t10-/m0/s1. The summed E-state index contributed by atoms with van der Waals surface area (Å²) in [5.41, 5.74) is 0. The monoisotopic (exact) mass is 305 g/mol. The first kappa shape index (κ1) is 14.5. The molecule has 2 rings (SSSR count). The van der Waals surface area contributed by atoms with E-state index < -0.39 is 10.0 Å². The largest absolute Gasteiger partial charge is 0.339 e. The van der Waals surface area contributed by atoms with Crippen LogP contribution in [0.15, 0.2) is 16.1 Å². The van der Waals surface area contributed by atoms with Gasteiger partial charge in [0.15, 0.2) is 5.82 Å². The fourth-order valence-electron chi connectivity index (χ4n) is 2.16. The Morgan fingerprint density at radius 1 is 1.63 bits per heavy atom. The van der Waals surface area contributed by atoms with Crippen molar-refractivity contribution < 1.29 is 12.9 Å². The lowest BCUT2D eigenvalue weighted by molar-refractivity contribution is 0.265. The molecule has 2 heterocycles. The van der Waals surface area contributed by atoms with Crippen molar-refractivity contribution in [1.82, 2.24) is 14.4 Å². The van der Waals surface area contributed by atoms with Crippen LogP contribution in [0.2, 0.25) is 0 Å². The van der Waals surface area contributed by atoms with Crippen LogP contribution in [-0.4, -0.2) is 41.7 Å². The smallest absolute Gasteiger partial charge is 0.231 e. The highest BCUT2D eigenvalue weighted by atomic mass is 35.5. The Morgan fingerprint density at radius 3 is 2.95 bits per heavy atom. The summed E-state index contributed by atoms with van der Waals surface area (Å²) in [5, 5.41) is 3.86. The average Bonchev–Trinajstić information content (AvgIpc) is 2.74. The Labute approximate surface area is 117 Å². The first-order chi connectivity index (χ1) is 8.88. The molecular formula is C11H16ClN3O3S. The van der Waals surface area contributed by atoms with E-state index in [9.17, 15) is 8.42 Å². The van der Waals surface area contributed by atoms with Crippen molar-refractivity contribution in [1.29, 1.82) is 0 Å². The quantitative estimate of drug-likeness (QED) is 0.845. The Balaban J connectivity index is 2.11. The van der Waals surface area contributed by atoms with E-state index in [1.165, 1.54) is 4.31 Å². The maximum absolute atomic E-state index is 12.1. The molecular weight excluding hydrogens is 290 g/mol. The number of aryl methyl sites for hydroxylation is 1. The Bertz CT molecular complexity index is 569. The van der Waals surface area contributed by atoms with E-state index >= 15 is 0 Å². The molecule has 1 saturated heterocycles. The summed E-state index contributed by atoms with van der Waals surface area (Å²) in [7, 11) is -3.40. The van der Waals surface area contributed by atoms with Crippen molar-refractivity contribution >= 4 is 21.6 Å². The van der Waals surface area contributed by atoms with E-state index in [2.05, 4.69) is 16.7 Å². The third-order valence-electron chi connectivity index (χ3n) is 3.01. The molecule has 0 aliphatic carbocycles. The zero-order valence-corrected chi connectivity index (χ0v) is 12.2. The molecule has 6 nitrogen and oxygen atoms in total. The molecule has 0 N–H and O–H groups in total. The lowest BCUT2D eigenvalue weighted by atomic mass is 10.00. The predicted octanol–water partition coefficient (Wildman–Crippen LogP) is 1.64. The SMILES string of the molecule is C=C(Cl)CS(=O)(=O)N1CCC[C@H](c2nc(C)no2)C1. The van der Waals surface area contributed by atoms with Gasteiger partial charge in [0.2, 0.25) is 15.9 Å². The van der Waals surface area contributed by atoms with Gasteiger partial charge in [0.25, 0.3) is 0 Å². The van der Waals surface area contributed by atoms with Crippen molar-refractivity contribution in [2.24, 2.45) is 0 Å². The number of hydrogen-bond donors (Lipinski definition) is 0. The molecule has 1 aliphatic rings. The molecule has 0 radical (unpaired) electrons. The summed E-state index contributed by atoms with van der Waals surface area (Å²) in [6.45, 7) is 6.02. The number of piperidine rings is 1. The maximum Gasteiger partial charge on any atom is 0.231 e. The molecule has 0 spiro atoms. The molecule has 1 aromatic rings. The van der Waals surface area contributed by atoms with Gasteiger partial charge in [-0.3, -0.25) is 0 Å². The summed E-state index contributed by atoms with van der Waals surface area (Å²) in [5.74, 6) is 0.781. The molecule has 0 aromatic carbocycles. The topological polar surface area (TPSA) is 76.3 Å². The number of halogens is 1. The number of rotatable bonds is 4. The van der Waals surface area contributed by atoms with Gasteiger partial charge >= 0.3 is 0 Å². The predicted molar refractivity (Wildman–Crippen MR) is 71.4 cm³/mol. The first-order valence-electron chi connectivity index (χ1n) is 6.00. The van der Waals surface area contributed by atoms with Crippen molar-refractivity contribution in [3.63, 3.8) is 0 Å². The van der Waals surface area contributed by atoms with Gasteiger partial charge in [-0.1, -0.05) is 23.3 Å². The van der Waals surface area contributed by atoms with Gasteiger partial charge in [0.1, 0.15) is 0 Å². The van der Waals surface area contributed by atoms with Gasteiger partial charge in [-0.2, -0.15) is 4.98 Å². The summed E-state index contributed by atoms with van der Waals surface area (Å²) in [6.07, 6.45) is 1.61. The molecule has 1 atom stereocenters. The minimum atomic E-state index is -3.40. The normalized spacial score (nSPS) is 21.5. The van der Waals surface area contributed by atoms with Crippen LogP contribution in [-0.2, 0) is 10.0 Å². The minimum Gasteiger partial charge on any atom is -0.339 e. The first-order valence-corrected chi connectivity index (χ1v) is 7.98. The molecule has 0 saturated carbocycles. The van der Waals surface area contributed by atoms with Crippen LogP contribution in [0.1, 0.15) is 30.5 Å². The highest BCUT2D eigenvalue weighted by molar-refractivity contribution is 7.89. The molecule has 19 heavy (non-hydrogen) atoms. The van der Waals surface area contributed by atoms with E-state index in [1.807, 2.05) is 0 Å². The lowest BCUT2D eigenvalue weighted by Gasteiger charge is -2.30. The third kappa shape index (κ3) is 3.55. The van der Waals surface area contributed by atoms with Crippen LogP contribution in [0.25, 0.3) is 0 Å². The molecule has 8 heteroatoms. The van der Waals surface area contributed by atoms with Crippen molar-refractivity contribution in [3.8, 4) is 0 Å². The third-order valence-corrected chi connectivity index (χ3v) is 5.13. The van der Waals surface area contributed by atoms with E-state index in [0.29, 0.717) is 24.8 Å². The molecule has 1 fully saturated rings. The Hall–Kier alpha value is -0.920. The number of hydrogen-bond acceptors (Lipinski definition) is 5. The van der Waals surface area contributed by atoms with Crippen LogP contribution in [0, 0.1) is 6.92 Å². The fraction of sp³-hybridized carbons (Fsp3) is 0.636. The van der Waals surface area contributed by atoms with Gasteiger partial charge in [-0.15, -0.1) is 0 Å². The summed E-state index contributed by atoms with van der Waals surface area (Å²) < 4.78 is 30.7. The van der Waals surface area contributed by atoms with Gasteiger partial charge in [0, 0.05) is 18.1 Å². The summed E-state index contributed by atoms with van der Waals surface area (Å²) in [6, 6.07) is 0. The molecule has 1 aliphatic heterocycles. The van der Waals surface area contributed by atoms with Gasteiger partial charge in [0.05, 0.1) is 11.7 Å². The Kier molecular flexibility index (Phi) is 4.27. The highest BCUT2D eigenvalue weighted by Crippen LogP contribution is 2.27. The lowest BCUT2D eigenvalue weighted by Crippen LogP contribution is -2.40. The van der Waals surface area contributed by atoms with Gasteiger partial charge in [-0.05, 0) is 19.8 Å². The van der Waals surface area contributed by atoms with Crippen LogP contribution < -0.4 is 0 Å². The minimum absolute atomic E-state index is 0.0479. The zero-order valence-electron chi connectivity index (χ0n) is 10.7.